The van der Waals surface area contributed by atoms with E-state index in [0.29, 0.717) is 48.9 Å². The molecule has 3 aromatic carbocycles. The zero-order chi connectivity index (χ0) is 28.9. The van der Waals surface area contributed by atoms with E-state index in [2.05, 4.69) is 5.32 Å². The molecule has 0 saturated carbocycles. The van der Waals surface area contributed by atoms with Gasteiger partial charge in [0.05, 0.1) is 29.0 Å². The molecule has 0 radical (unpaired) electrons. The number of nitro groups is 2. The minimum atomic E-state index is -3.91. The molecule has 40 heavy (non-hydrogen) atoms. The molecular weight excluding hydrogens is 542 g/mol. The van der Waals surface area contributed by atoms with E-state index in [1.807, 2.05) is 17.0 Å². The van der Waals surface area contributed by atoms with Crippen molar-refractivity contribution in [1.82, 2.24) is 4.31 Å². The van der Waals surface area contributed by atoms with Gasteiger partial charge < -0.3 is 19.7 Å². The molecule has 1 N–H and O–H groups in total. The molecule has 13 nitrogen and oxygen atoms in total. The van der Waals surface area contributed by atoms with E-state index in [1.165, 1.54) is 28.6 Å². The van der Waals surface area contributed by atoms with Gasteiger partial charge in [0.15, 0.2) is 11.5 Å². The van der Waals surface area contributed by atoms with Crippen molar-refractivity contribution < 1.29 is 27.7 Å². The number of non-ortho nitro benzene ring substituents is 1. The van der Waals surface area contributed by atoms with Crippen LogP contribution >= 0.6 is 0 Å². The number of methoxy groups -OCH3 is 2. The van der Waals surface area contributed by atoms with Crippen LogP contribution in [0.1, 0.15) is 5.56 Å². The van der Waals surface area contributed by atoms with Gasteiger partial charge in [-0.05, 0) is 42.3 Å². The summed E-state index contributed by atoms with van der Waals surface area (Å²) in [5.41, 5.74) is 1.67. The molecule has 3 aromatic rings. The Bertz CT molecular complexity index is 1510. The minimum Gasteiger partial charge on any atom is -0.493 e. The first-order chi connectivity index (χ1) is 19.1. The van der Waals surface area contributed by atoms with Gasteiger partial charge in [0, 0.05) is 56.6 Å². The molecule has 0 spiro atoms. The maximum absolute atomic E-state index is 13.1. The second-order valence-electron chi connectivity index (χ2n) is 8.97. The molecule has 212 valence electrons. The van der Waals surface area contributed by atoms with E-state index in [9.17, 15) is 28.6 Å². The maximum Gasteiger partial charge on any atom is 0.292 e. The molecule has 0 unspecified atom stereocenters. The van der Waals surface area contributed by atoms with Crippen LogP contribution in [-0.4, -0.2) is 69.5 Å². The van der Waals surface area contributed by atoms with Crippen LogP contribution in [-0.2, 0) is 16.4 Å². The number of nitro benzene ring substituents is 2. The fourth-order valence-electron chi connectivity index (χ4n) is 4.49. The molecule has 0 atom stereocenters. The zero-order valence-electron chi connectivity index (χ0n) is 22.0. The van der Waals surface area contributed by atoms with Crippen molar-refractivity contribution in [3.8, 4) is 11.5 Å². The molecule has 1 heterocycles. The highest BCUT2D eigenvalue weighted by Gasteiger charge is 2.30. The summed E-state index contributed by atoms with van der Waals surface area (Å²) < 4.78 is 38.0. The average molecular weight is 572 g/mol. The molecule has 1 fully saturated rings. The number of hydrogen-bond acceptors (Lipinski definition) is 10. The number of nitrogens with one attached hydrogen (secondary N) is 1. The molecule has 0 aliphatic carbocycles. The van der Waals surface area contributed by atoms with Gasteiger partial charge in [0.1, 0.15) is 5.69 Å². The molecule has 0 bridgehead atoms. The molecule has 1 saturated heterocycles. The largest absolute Gasteiger partial charge is 0.493 e. The summed E-state index contributed by atoms with van der Waals surface area (Å²) >= 11 is 0. The van der Waals surface area contributed by atoms with Gasteiger partial charge >= 0.3 is 0 Å². The second-order valence-corrected chi connectivity index (χ2v) is 10.9. The van der Waals surface area contributed by atoms with Crippen LogP contribution in [0, 0.1) is 20.2 Å². The third-order valence-electron chi connectivity index (χ3n) is 6.62. The Labute approximate surface area is 231 Å². The van der Waals surface area contributed by atoms with E-state index in [1.54, 1.807) is 32.4 Å². The normalized spacial score (nSPS) is 14.0. The highest BCUT2D eigenvalue weighted by Crippen LogP contribution is 2.32. The van der Waals surface area contributed by atoms with Crippen molar-refractivity contribution in [3.05, 3.63) is 86.5 Å². The molecular formula is C26H29N5O8S. The Morgan fingerprint density at radius 1 is 0.875 bits per heavy atom. The number of anilines is 2. The first kappa shape index (κ1) is 28.6. The Kier molecular flexibility index (Phi) is 8.70. The minimum absolute atomic E-state index is 0.0667. The number of benzene rings is 3. The summed E-state index contributed by atoms with van der Waals surface area (Å²) in [6.07, 6.45) is 0.579. The Balaban J connectivity index is 1.44. The number of sulfonamides is 1. The topological polar surface area (TPSA) is 157 Å². The van der Waals surface area contributed by atoms with Crippen LogP contribution in [0.15, 0.2) is 65.6 Å². The van der Waals surface area contributed by atoms with Gasteiger partial charge in [-0.15, -0.1) is 0 Å². The Hall–Kier alpha value is -4.43. The van der Waals surface area contributed by atoms with E-state index >= 15 is 0 Å². The van der Waals surface area contributed by atoms with Gasteiger partial charge in [-0.25, -0.2) is 8.42 Å². The number of rotatable bonds is 11. The summed E-state index contributed by atoms with van der Waals surface area (Å²) in [5, 5.41) is 25.9. The number of ether oxygens (including phenoxy) is 2. The first-order valence-corrected chi connectivity index (χ1v) is 13.8. The number of nitrogens with zero attached hydrogens (tertiary/aromatic N) is 4. The first-order valence-electron chi connectivity index (χ1n) is 12.4. The summed E-state index contributed by atoms with van der Waals surface area (Å²) in [4.78, 5) is 23.5. The fraction of sp³-hybridized carbons (Fsp3) is 0.308. The van der Waals surface area contributed by atoms with Gasteiger partial charge in [-0.3, -0.25) is 20.2 Å². The van der Waals surface area contributed by atoms with Crippen LogP contribution in [0.4, 0.5) is 22.7 Å². The number of hydrogen-bond donors (Lipinski definition) is 1. The lowest BCUT2D eigenvalue weighted by Gasteiger charge is -2.35. The quantitative estimate of drug-likeness (QED) is 0.266. The molecule has 1 aliphatic heterocycles. The van der Waals surface area contributed by atoms with E-state index in [4.69, 9.17) is 9.47 Å². The van der Waals surface area contributed by atoms with Crippen molar-refractivity contribution in [2.45, 2.75) is 11.3 Å². The monoisotopic (exact) mass is 571 g/mol. The fourth-order valence-corrected chi connectivity index (χ4v) is 5.95. The lowest BCUT2D eigenvalue weighted by atomic mass is 10.1. The highest BCUT2D eigenvalue weighted by molar-refractivity contribution is 7.89. The van der Waals surface area contributed by atoms with Crippen molar-refractivity contribution in [3.63, 3.8) is 0 Å². The number of piperazine rings is 1. The summed E-state index contributed by atoms with van der Waals surface area (Å²) in [6, 6.07) is 15.3. The van der Waals surface area contributed by atoms with Gasteiger partial charge in [0.25, 0.3) is 11.4 Å². The van der Waals surface area contributed by atoms with Crippen molar-refractivity contribution in [2.24, 2.45) is 0 Å². The predicted molar refractivity (Wildman–Crippen MR) is 149 cm³/mol. The molecule has 0 aromatic heterocycles. The van der Waals surface area contributed by atoms with E-state index in [0.717, 1.165) is 11.6 Å². The second kappa shape index (κ2) is 12.2. The molecule has 14 heteroatoms. The van der Waals surface area contributed by atoms with Crippen molar-refractivity contribution >= 4 is 32.8 Å². The van der Waals surface area contributed by atoms with Crippen LogP contribution in [0.5, 0.6) is 11.5 Å². The van der Waals surface area contributed by atoms with Gasteiger partial charge in [-0.1, -0.05) is 12.1 Å². The Morgan fingerprint density at radius 3 is 2.25 bits per heavy atom. The van der Waals surface area contributed by atoms with Crippen LogP contribution in [0.2, 0.25) is 0 Å². The third-order valence-corrected chi connectivity index (χ3v) is 8.52. The summed E-state index contributed by atoms with van der Waals surface area (Å²) in [6.45, 7) is 1.43. The lowest BCUT2D eigenvalue weighted by molar-refractivity contribution is -0.385. The van der Waals surface area contributed by atoms with E-state index in [-0.39, 0.29) is 29.4 Å². The standard InChI is InChI=1S/C26H29N5O8S/c1-38-25-9-6-19(16-26(25)39-2)10-11-27-23-18-20(7-8-24(23)31(34)35)28-12-14-29(15-13-28)40(36,37)22-5-3-4-21(17-22)30(32)33/h3-9,16-18,27H,10-15H2,1-2H3. The average Bonchev–Trinajstić information content (AvgIpc) is 2.97. The van der Waals surface area contributed by atoms with Crippen molar-refractivity contribution in [2.75, 3.05) is 57.2 Å². The maximum atomic E-state index is 13.1. The van der Waals surface area contributed by atoms with Gasteiger partial charge in [-0.2, -0.15) is 4.31 Å². The van der Waals surface area contributed by atoms with E-state index < -0.39 is 19.9 Å². The smallest absolute Gasteiger partial charge is 0.292 e. The van der Waals surface area contributed by atoms with Crippen molar-refractivity contribution in [1.29, 1.82) is 0 Å². The highest BCUT2D eigenvalue weighted by atomic mass is 32.2. The molecule has 1 aliphatic rings. The third kappa shape index (κ3) is 6.24. The van der Waals surface area contributed by atoms with Crippen LogP contribution in [0.3, 0.4) is 0 Å². The van der Waals surface area contributed by atoms with Gasteiger partial charge in [0.2, 0.25) is 10.0 Å². The summed E-state index contributed by atoms with van der Waals surface area (Å²) in [7, 11) is -0.804. The van der Waals surface area contributed by atoms with Crippen LogP contribution < -0.4 is 19.7 Å². The molecule has 0 amide bonds. The lowest BCUT2D eigenvalue weighted by Crippen LogP contribution is -2.48. The molecule has 4 rings (SSSR count). The predicted octanol–water partition coefficient (Wildman–Crippen LogP) is 3.69. The Morgan fingerprint density at radius 2 is 1.60 bits per heavy atom. The summed E-state index contributed by atoms with van der Waals surface area (Å²) in [5.74, 6) is 1.21. The SMILES string of the molecule is COc1ccc(CCNc2cc(N3CCN(S(=O)(=O)c4cccc([N+](=O)[O-])c4)CC3)ccc2[N+](=O)[O-])cc1OC. The van der Waals surface area contributed by atoms with Crippen LogP contribution in [0.25, 0.3) is 0 Å². The zero-order valence-corrected chi connectivity index (χ0v) is 22.8.